The number of ether oxygens (including phenoxy) is 1. The average Bonchev–Trinajstić information content (AvgIpc) is 2.49. The van der Waals surface area contributed by atoms with E-state index in [-0.39, 0.29) is 11.1 Å². The Morgan fingerprint density at radius 3 is 2.90 bits per heavy atom. The fraction of sp³-hybridized carbons (Fsp3) is 0.294. The van der Waals surface area contributed by atoms with Crippen molar-refractivity contribution in [3.05, 3.63) is 63.9 Å². The van der Waals surface area contributed by atoms with Crippen molar-refractivity contribution in [3.63, 3.8) is 0 Å². The quantitative estimate of drug-likeness (QED) is 0.912. The Balaban J connectivity index is 1.73. The number of fused-ring (bicyclic) bond motifs is 1. The van der Waals surface area contributed by atoms with Gasteiger partial charge >= 0.3 is 0 Å². The molecule has 0 fully saturated rings. The minimum atomic E-state index is -0.426. The van der Waals surface area contributed by atoms with Crippen LogP contribution in [0.25, 0.3) is 0 Å². The molecule has 2 N–H and O–H groups in total. The summed E-state index contributed by atoms with van der Waals surface area (Å²) in [5.41, 5.74) is 9.36. The number of hydrogen-bond donors (Lipinski definition) is 1. The third-order valence-corrected chi connectivity index (χ3v) is 4.17. The Labute approximate surface area is 128 Å². The van der Waals surface area contributed by atoms with Crippen molar-refractivity contribution in [1.82, 2.24) is 0 Å². The Morgan fingerprint density at radius 2 is 2.10 bits per heavy atom. The van der Waals surface area contributed by atoms with Gasteiger partial charge in [0.05, 0.1) is 5.02 Å². The molecule has 0 aliphatic heterocycles. The first-order valence-corrected chi connectivity index (χ1v) is 7.46. The maximum Gasteiger partial charge on any atom is 0.142 e. The Kier molecular flexibility index (Phi) is 4.13. The first-order chi connectivity index (χ1) is 10.1. The van der Waals surface area contributed by atoms with Crippen LogP contribution >= 0.6 is 11.6 Å². The topological polar surface area (TPSA) is 35.2 Å². The number of hydrogen-bond acceptors (Lipinski definition) is 2. The van der Waals surface area contributed by atoms with E-state index in [0.29, 0.717) is 6.61 Å². The van der Waals surface area contributed by atoms with Gasteiger partial charge in [-0.2, -0.15) is 0 Å². The van der Waals surface area contributed by atoms with Crippen LogP contribution in [0.3, 0.4) is 0 Å². The molecule has 0 aromatic heterocycles. The second-order valence-electron chi connectivity index (χ2n) is 5.40. The average molecular weight is 306 g/mol. The first kappa shape index (κ1) is 14.4. The van der Waals surface area contributed by atoms with Crippen LogP contribution in [0.5, 0.6) is 5.75 Å². The highest BCUT2D eigenvalue weighted by Gasteiger charge is 2.17. The van der Waals surface area contributed by atoms with E-state index >= 15 is 0 Å². The molecule has 0 unspecified atom stereocenters. The van der Waals surface area contributed by atoms with Gasteiger partial charge in [-0.15, -0.1) is 0 Å². The first-order valence-electron chi connectivity index (χ1n) is 7.08. The van der Waals surface area contributed by atoms with E-state index in [4.69, 9.17) is 22.1 Å². The molecule has 0 heterocycles. The van der Waals surface area contributed by atoms with E-state index in [1.165, 1.54) is 17.2 Å². The molecule has 0 bridgehead atoms. The SMILES string of the molecule is N[C@H]1CCCc2ccc(OCc3ccc(Cl)c(F)c3)cc21. The van der Waals surface area contributed by atoms with E-state index < -0.39 is 5.82 Å². The second kappa shape index (κ2) is 6.04. The molecule has 0 saturated carbocycles. The van der Waals surface area contributed by atoms with Crippen LogP contribution < -0.4 is 10.5 Å². The van der Waals surface area contributed by atoms with Gasteiger partial charge in [-0.1, -0.05) is 23.7 Å². The van der Waals surface area contributed by atoms with E-state index in [1.807, 2.05) is 12.1 Å². The van der Waals surface area contributed by atoms with Crippen molar-refractivity contribution in [2.45, 2.75) is 31.9 Å². The van der Waals surface area contributed by atoms with Crippen molar-refractivity contribution in [1.29, 1.82) is 0 Å². The van der Waals surface area contributed by atoms with Gasteiger partial charge in [0.2, 0.25) is 0 Å². The van der Waals surface area contributed by atoms with Gasteiger partial charge in [-0.3, -0.25) is 0 Å². The second-order valence-corrected chi connectivity index (χ2v) is 5.80. The molecule has 0 amide bonds. The van der Waals surface area contributed by atoms with Crippen LogP contribution in [-0.2, 0) is 13.0 Å². The molecule has 2 aromatic carbocycles. The molecule has 1 aliphatic carbocycles. The summed E-state index contributed by atoms with van der Waals surface area (Å²) in [7, 11) is 0. The van der Waals surface area contributed by atoms with E-state index in [0.717, 1.165) is 30.6 Å². The summed E-state index contributed by atoms with van der Waals surface area (Å²) in [6, 6.07) is 10.8. The van der Waals surface area contributed by atoms with Gasteiger partial charge in [0.25, 0.3) is 0 Å². The normalized spacial score (nSPS) is 17.4. The lowest BCUT2D eigenvalue weighted by molar-refractivity contribution is 0.304. The van der Waals surface area contributed by atoms with Gasteiger partial charge in [0.1, 0.15) is 18.2 Å². The van der Waals surface area contributed by atoms with E-state index in [2.05, 4.69) is 6.07 Å². The van der Waals surface area contributed by atoms with Gasteiger partial charge in [0.15, 0.2) is 0 Å². The minimum absolute atomic E-state index is 0.0882. The minimum Gasteiger partial charge on any atom is -0.489 e. The van der Waals surface area contributed by atoms with Gasteiger partial charge in [0, 0.05) is 6.04 Å². The largest absolute Gasteiger partial charge is 0.489 e. The Bertz CT molecular complexity index is 659. The third kappa shape index (κ3) is 3.20. The zero-order valence-electron chi connectivity index (χ0n) is 11.6. The number of rotatable bonds is 3. The monoisotopic (exact) mass is 305 g/mol. The molecule has 1 aliphatic rings. The fourth-order valence-electron chi connectivity index (χ4n) is 2.70. The van der Waals surface area contributed by atoms with E-state index in [1.54, 1.807) is 12.1 Å². The smallest absolute Gasteiger partial charge is 0.142 e. The summed E-state index contributed by atoms with van der Waals surface area (Å²) < 4.78 is 19.1. The standard InChI is InChI=1S/C17H17ClFNO/c18-15-7-4-11(8-16(15)19)10-21-13-6-5-12-2-1-3-17(20)14(12)9-13/h4-9,17H,1-3,10,20H2/t17-/m0/s1. The van der Waals surface area contributed by atoms with Gasteiger partial charge in [-0.25, -0.2) is 4.39 Å². The van der Waals surface area contributed by atoms with Crippen molar-refractivity contribution < 1.29 is 9.13 Å². The lowest BCUT2D eigenvalue weighted by atomic mass is 9.88. The van der Waals surface area contributed by atoms with Crippen molar-refractivity contribution in [3.8, 4) is 5.75 Å². The molecule has 2 aromatic rings. The highest BCUT2D eigenvalue weighted by molar-refractivity contribution is 6.30. The van der Waals surface area contributed by atoms with Crippen molar-refractivity contribution >= 4 is 11.6 Å². The molecule has 3 rings (SSSR count). The van der Waals surface area contributed by atoms with Crippen LogP contribution in [-0.4, -0.2) is 0 Å². The van der Waals surface area contributed by atoms with Crippen LogP contribution in [0.1, 0.15) is 35.6 Å². The van der Waals surface area contributed by atoms with Crippen LogP contribution in [0, 0.1) is 5.82 Å². The molecule has 4 heteroatoms. The number of halogens is 2. The summed E-state index contributed by atoms with van der Waals surface area (Å²) in [4.78, 5) is 0. The van der Waals surface area contributed by atoms with Gasteiger partial charge in [-0.05, 0) is 60.2 Å². The van der Waals surface area contributed by atoms with Gasteiger partial charge < -0.3 is 10.5 Å². The van der Waals surface area contributed by atoms with E-state index in [9.17, 15) is 4.39 Å². The number of aryl methyl sites for hydroxylation is 1. The summed E-state index contributed by atoms with van der Waals surface area (Å²) in [6.45, 7) is 0.308. The summed E-state index contributed by atoms with van der Waals surface area (Å²) >= 11 is 5.66. The highest BCUT2D eigenvalue weighted by Crippen LogP contribution is 2.31. The predicted octanol–water partition coefficient (Wildman–Crippen LogP) is 4.39. The van der Waals surface area contributed by atoms with Crippen LogP contribution in [0.4, 0.5) is 4.39 Å². The molecule has 0 saturated heterocycles. The molecule has 1 atom stereocenters. The zero-order chi connectivity index (χ0) is 14.8. The molecule has 21 heavy (non-hydrogen) atoms. The Hall–Kier alpha value is -1.58. The third-order valence-electron chi connectivity index (χ3n) is 3.87. The molecular weight excluding hydrogens is 289 g/mol. The predicted molar refractivity (Wildman–Crippen MR) is 82.1 cm³/mol. The number of benzene rings is 2. The molecular formula is C17H17ClFNO. The maximum absolute atomic E-state index is 13.4. The molecule has 0 radical (unpaired) electrons. The summed E-state index contributed by atoms with van der Waals surface area (Å²) in [5.74, 6) is 0.340. The van der Waals surface area contributed by atoms with Crippen LogP contribution in [0.2, 0.25) is 5.02 Å². The molecule has 2 nitrogen and oxygen atoms in total. The molecule has 0 spiro atoms. The van der Waals surface area contributed by atoms with Crippen LogP contribution in [0.15, 0.2) is 36.4 Å². The van der Waals surface area contributed by atoms with Crippen molar-refractivity contribution in [2.75, 3.05) is 0 Å². The highest BCUT2D eigenvalue weighted by atomic mass is 35.5. The molecule has 110 valence electrons. The zero-order valence-corrected chi connectivity index (χ0v) is 12.4. The lowest BCUT2D eigenvalue weighted by Gasteiger charge is -2.22. The summed E-state index contributed by atoms with van der Waals surface area (Å²) in [6.07, 6.45) is 3.23. The lowest BCUT2D eigenvalue weighted by Crippen LogP contribution is -2.17. The maximum atomic E-state index is 13.4. The number of nitrogens with two attached hydrogens (primary N) is 1. The summed E-state index contributed by atoms with van der Waals surface area (Å²) in [5, 5.41) is 0.124. The Morgan fingerprint density at radius 1 is 1.24 bits per heavy atom. The fourth-order valence-corrected chi connectivity index (χ4v) is 2.82. The van der Waals surface area contributed by atoms with Crippen molar-refractivity contribution in [2.24, 2.45) is 5.73 Å².